The molecule has 9 nitrogen and oxygen atoms in total. The average Bonchev–Trinajstić information content (AvgIpc) is 2.96. The molecular weight excluding hydrogens is 541 g/mol. The van der Waals surface area contributed by atoms with E-state index in [2.05, 4.69) is 35.9 Å². The quantitative estimate of drug-likeness (QED) is 0.169. The van der Waals surface area contributed by atoms with Crippen LogP contribution in [0.2, 0.25) is 5.15 Å². The number of hydrogen-bond acceptors (Lipinski definition) is 9. The Balaban J connectivity index is 0.000000228. The predicted octanol–water partition coefficient (Wildman–Crippen LogP) is 5.63. The second-order valence-corrected chi connectivity index (χ2v) is 8.04. The van der Waals surface area contributed by atoms with Gasteiger partial charge in [-0.2, -0.15) is 0 Å². The van der Waals surface area contributed by atoms with Gasteiger partial charge in [-0.3, -0.25) is 0 Å². The number of nitrogens with zero attached hydrogens (tertiary/aromatic N) is 4. The van der Waals surface area contributed by atoms with Gasteiger partial charge in [-0.25, -0.2) is 29.5 Å². The van der Waals surface area contributed by atoms with Crippen LogP contribution in [0.1, 0.15) is 26.3 Å². The zero-order valence-corrected chi connectivity index (χ0v) is 22.3. The first-order chi connectivity index (χ1) is 18.4. The van der Waals surface area contributed by atoms with Gasteiger partial charge in [-0.05, 0) is 54.6 Å². The molecule has 0 amide bonds. The minimum Gasteiger partial charge on any atom is -0.465 e. The zero-order valence-electron chi connectivity index (χ0n) is 20.7. The van der Waals surface area contributed by atoms with Crippen LogP contribution < -0.4 is 5.32 Å². The molecule has 0 spiro atoms. The molecule has 0 saturated heterocycles. The van der Waals surface area contributed by atoms with Crippen LogP contribution >= 0.6 is 24.0 Å². The molecule has 0 atom stereocenters. The lowest BCUT2D eigenvalue weighted by Gasteiger charge is -2.09. The van der Waals surface area contributed by atoms with Crippen molar-refractivity contribution in [2.45, 2.75) is 0 Å². The van der Waals surface area contributed by atoms with Gasteiger partial charge in [0.25, 0.3) is 0 Å². The van der Waals surface area contributed by atoms with Crippen molar-refractivity contribution in [3.8, 4) is 12.3 Å². The van der Waals surface area contributed by atoms with Gasteiger partial charge in [-0.1, -0.05) is 23.6 Å². The number of carbonyl (C=O) groups excluding carboxylic acids is 2. The van der Waals surface area contributed by atoms with E-state index in [1.807, 2.05) is 24.3 Å². The number of esters is 2. The number of nitrogens with one attached hydrogen (secondary N) is 1. The van der Waals surface area contributed by atoms with Crippen LogP contribution in [0.15, 0.2) is 73.3 Å². The highest BCUT2D eigenvalue weighted by atomic mass is 35.5. The third-order valence-corrected chi connectivity index (χ3v) is 5.66. The van der Waals surface area contributed by atoms with Crippen molar-refractivity contribution in [1.29, 1.82) is 0 Å². The smallest absolute Gasteiger partial charge is 0.337 e. The van der Waals surface area contributed by atoms with Crippen molar-refractivity contribution in [3.63, 3.8) is 0 Å². The van der Waals surface area contributed by atoms with Gasteiger partial charge in [0, 0.05) is 22.0 Å². The first kappa shape index (κ1) is 28.8. The molecule has 0 unspecified atom stereocenters. The molecule has 1 N–H and O–H groups in total. The third kappa shape index (κ3) is 6.76. The molecule has 5 aromatic rings. The highest BCUT2D eigenvalue weighted by Crippen LogP contribution is 2.25. The van der Waals surface area contributed by atoms with Crippen molar-refractivity contribution in [2.75, 3.05) is 19.5 Å². The molecule has 0 aliphatic rings. The zero-order chi connectivity index (χ0) is 27.1. The molecule has 0 fully saturated rings. The van der Waals surface area contributed by atoms with Gasteiger partial charge in [0.05, 0.1) is 36.4 Å². The SMILES string of the molecule is C#Cc1cccc(Nc2ncnc3ccc(C(=O)OC)cc23)c1.COC(=O)c1ccc2ncnc(Cl)c2c1.Cl. The van der Waals surface area contributed by atoms with Crippen molar-refractivity contribution >= 4 is 69.3 Å². The maximum atomic E-state index is 11.7. The van der Waals surface area contributed by atoms with Gasteiger partial charge in [-0.15, -0.1) is 18.8 Å². The number of fused-ring (bicyclic) bond motifs is 2. The Morgan fingerprint density at radius 1 is 0.821 bits per heavy atom. The van der Waals surface area contributed by atoms with Crippen molar-refractivity contribution < 1.29 is 19.1 Å². The van der Waals surface area contributed by atoms with E-state index >= 15 is 0 Å². The van der Waals surface area contributed by atoms with Gasteiger partial charge >= 0.3 is 11.9 Å². The molecule has 5 rings (SSSR count). The number of terminal acetylenes is 1. The Bertz CT molecular complexity index is 1710. The van der Waals surface area contributed by atoms with Crippen molar-refractivity contribution in [1.82, 2.24) is 19.9 Å². The average molecular weight is 562 g/mol. The summed E-state index contributed by atoms with van der Waals surface area (Å²) in [4.78, 5) is 39.3. The molecule has 2 heterocycles. The molecule has 0 radical (unpaired) electrons. The van der Waals surface area contributed by atoms with Crippen LogP contribution in [0.4, 0.5) is 11.5 Å². The molecule has 0 aliphatic carbocycles. The number of rotatable bonds is 4. The summed E-state index contributed by atoms with van der Waals surface area (Å²) in [6.07, 6.45) is 8.26. The number of ether oxygens (including phenoxy) is 2. The summed E-state index contributed by atoms with van der Waals surface area (Å²) in [7, 11) is 2.67. The summed E-state index contributed by atoms with van der Waals surface area (Å²) in [5.41, 5.74) is 3.87. The summed E-state index contributed by atoms with van der Waals surface area (Å²) in [6, 6.07) is 17.5. The lowest BCUT2D eigenvalue weighted by Crippen LogP contribution is -2.02. The largest absolute Gasteiger partial charge is 0.465 e. The second-order valence-electron chi connectivity index (χ2n) is 7.68. The minimum atomic E-state index is -0.406. The highest BCUT2D eigenvalue weighted by Gasteiger charge is 2.11. The van der Waals surface area contributed by atoms with Gasteiger partial charge in [0.1, 0.15) is 23.6 Å². The number of hydrogen-bond donors (Lipinski definition) is 1. The van der Waals surface area contributed by atoms with Gasteiger partial charge in [0.2, 0.25) is 0 Å². The van der Waals surface area contributed by atoms with Crippen LogP contribution in [0, 0.1) is 12.3 Å². The Labute approximate surface area is 235 Å². The monoisotopic (exact) mass is 561 g/mol. The lowest BCUT2D eigenvalue weighted by molar-refractivity contribution is 0.0592. The van der Waals surface area contributed by atoms with E-state index < -0.39 is 11.9 Å². The molecule has 11 heteroatoms. The van der Waals surface area contributed by atoms with E-state index in [9.17, 15) is 9.59 Å². The van der Waals surface area contributed by atoms with E-state index in [0.717, 1.165) is 22.2 Å². The molecule has 3 aromatic carbocycles. The Morgan fingerprint density at radius 3 is 2.03 bits per heavy atom. The van der Waals surface area contributed by atoms with Crippen LogP contribution in [-0.4, -0.2) is 46.1 Å². The normalized spacial score (nSPS) is 9.90. The van der Waals surface area contributed by atoms with E-state index in [-0.39, 0.29) is 12.4 Å². The summed E-state index contributed by atoms with van der Waals surface area (Å²) in [5.74, 6) is 2.37. The van der Waals surface area contributed by atoms with Crippen LogP contribution in [0.25, 0.3) is 21.8 Å². The molecule has 0 aliphatic heterocycles. The minimum absolute atomic E-state index is 0. The van der Waals surface area contributed by atoms with E-state index in [0.29, 0.717) is 33.0 Å². The summed E-state index contributed by atoms with van der Waals surface area (Å²) >= 11 is 5.87. The maximum absolute atomic E-state index is 11.7. The second kappa shape index (κ2) is 13.1. The van der Waals surface area contributed by atoms with Gasteiger partial charge < -0.3 is 14.8 Å². The van der Waals surface area contributed by atoms with E-state index in [4.69, 9.17) is 22.8 Å². The third-order valence-electron chi connectivity index (χ3n) is 5.36. The number of halogens is 2. The van der Waals surface area contributed by atoms with Crippen molar-refractivity contribution in [3.05, 3.63) is 95.2 Å². The van der Waals surface area contributed by atoms with Crippen molar-refractivity contribution in [2.24, 2.45) is 0 Å². The Morgan fingerprint density at radius 2 is 1.41 bits per heavy atom. The van der Waals surface area contributed by atoms with E-state index in [1.54, 1.807) is 36.4 Å². The number of anilines is 2. The fraction of sp³-hybridized carbons (Fsp3) is 0.0714. The number of carbonyl (C=O) groups is 2. The van der Waals surface area contributed by atoms with Crippen LogP contribution in [0.3, 0.4) is 0 Å². The number of benzene rings is 3. The molecular formula is C28H21Cl2N5O4. The predicted molar refractivity (Wildman–Crippen MR) is 152 cm³/mol. The van der Waals surface area contributed by atoms with Crippen LogP contribution in [-0.2, 0) is 9.47 Å². The molecule has 0 bridgehead atoms. The molecule has 2 aromatic heterocycles. The first-order valence-electron chi connectivity index (χ1n) is 11.1. The lowest BCUT2D eigenvalue weighted by atomic mass is 10.1. The van der Waals surface area contributed by atoms with Crippen LogP contribution in [0.5, 0.6) is 0 Å². The number of methoxy groups -OCH3 is 2. The maximum Gasteiger partial charge on any atom is 0.337 e. The molecule has 0 saturated carbocycles. The standard InChI is InChI=1S/C18H13N3O2.C10H7ClN2O2.ClH/c1-3-12-5-4-6-14(9-12)21-17-15-10-13(18(22)23-2)7-8-16(15)19-11-20-17;1-15-10(14)6-2-3-8-7(4-6)9(11)13-5-12-8;/h1,4-11H,2H3,(H,19,20,21);2-5H,1H3;1H. The molecule has 196 valence electrons. The first-order valence-corrected chi connectivity index (χ1v) is 11.5. The van der Waals surface area contributed by atoms with Gasteiger partial charge in [0.15, 0.2) is 0 Å². The van der Waals surface area contributed by atoms with E-state index in [1.165, 1.54) is 26.9 Å². The fourth-order valence-electron chi connectivity index (χ4n) is 3.49. The Kier molecular flexibility index (Phi) is 9.70. The fourth-order valence-corrected chi connectivity index (χ4v) is 3.69. The summed E-state index contributed by atoms with van der Waals surface area (Å²) in [6.45, 7) is 0. The summed E-state index contributed by atoms with van der Waals surface area (Å²) < 4.78 is 9.35. The molecule has 39 heavy (non-hydrogen) atoms. The summed E-state index contributed by atoms with van der Waals surface area (Å²) in [5, 5.41) is 4.90. The Hall–Kier alpha value is -4.78. The number of aromatic nitrogens is 4. The highest BCUT2D eigenvalue weighted by molar-refractivity contribution is 6.34. The topological polar surface area (TPSA) is 116 Å².